The third-order valence-corrected chi connectivity index (χ3v) is 4.30. The molecule has 0 aromatic heterocycles. The van der Waals surface area contributed by atoms with Gasteiger partial charge in [0.25, 0.3) is 0 Å². The molecule has 0 saturated carbocycles. The number of nitrogens with zero attached hydrogens (tertiary/aromatic N) is 1. The maximum Gasteiger partial charge on any atom is 0.0412 e. The number of nitrogens with one attached hydrogen (secondary N) is 1. The summed E-state index contributed by atoms with van der Waals surface area (Å²) in [5, 5.41) is 3.43. The molecule has 1 atom stereocenters. The molecule has 1 aliphatic heterocycles. The molecule has 1 aliphatic rings. The van der Waals surface area contributed by atoms with E-state index in [0.29, 0.717) is 0 Å². The first-order chi connectivity index (χ1) is 8.74. The zero-order valence-electron chi connectivity index (χ0n) is 11.4. The quantitative estimate of drug-likeness (QED) is 0.890. The smallest absolute Gasteiger partial charge is 0.0412 e. The molecule has 0 bridgehead atoms. The van der Waals surface area contributed by atoms with E-state index in [2.05, 4.69) is 58.2 Å². The van der Waals surface area contributed by atoms with Crippen molar-refractivity contribution >= 4 is 21.6 Å². The van der Waals surface area contributed by atoms with Crippen molar-refractivity contribution < 1.29 is 0 Å². The monoisotopic (exact) mass is 310 g/mol. The molecule has 0 spiro atoms. The first-order valence-electron chi connectivity index (χ1n) is 6.98. The van der Waals surface area contributed by atoms with Crippen molar-refractivity contribution in [3.05, 3.63) is 28.2 Å². The second-order valence-electron chi connectivity index (χ2n) is 5.06. The number of halogens is 1. The minimum absolute atomic E-state index is 0.876. The molecular formula is C15H23BrN2. The first kappa shape index (κ1) is 13.9. The van der Waals surface area contributed by atoms with Crippen LogP contribution in [0.25, 0.3) is 0 Å². The van der Waals surface area contributed by atoms with Crippen LogP contribution in [0.5, 0.6) is 0 Å². The van der Waals surface area contributed by atoms with Gasteiger partial charge < -0.3 is 10.2 Å². The highest BCUT2D eigenvalue weighted by Crippen LogP contribution is 2.30. The molecule has 1 unspecified atom stereocenters. The number of rotatable bonds is 5. The van der Waals surface area contributed by atoms with E-state index in [9.17, 15) is 0 Å². The molecule has 2 nitrogen and oxygen atoms in total. The average Bonchev–Trinajstić information content (AvgIpc) is 2.85. The van der Waals surface area contributed by atoms with Crippen LogP contribution in [-0.2, 0) is 6.54 Å². The molecule has 1 fully saturated rings. The summed E-state index contributed by atoms with van der Waals surface area (Å²) in [6.45, 7) is 8.86. The normalized spacial score (nSPS) is 19.5. The SMILES string of the molecule is CCNCc1cc(Br)ccc1N1CCC(CC)C1. The third kappa shape index (κ3) is 3.27. The van der Waals surface area contributed by atoms with Crippen LogP contribution in [0.15, 0.2) is 22.7 Å². The Morgan fingerprint density at radius 3 is 2.89 bits per heavy atom. The maximum atomic E-state index is 3.58. The molecule has 0 radical (unpaired) electrons. The van der Waals surface area contributed by atoms with Crippen LogP contribution in [0.4, 0.5) is 5.69 Å². The van der Waals surface area contributed by atoms with Gasteiger partial charge in [0.1, 0.15) is 0 Å². The molecule has 1 saturated heterocycles. The Balaban J connectivity index is 2.16. The molecule has 1 heterocycles. The van der Waals surface area contributed by atoms with Crippen LogP contribution >= 0.6 is 15.9 Å². The van der Waals surface area contributed by atoms with Crippen molar-refractivity contribution in [2.24, 2.45) is 5.92 Å². The molecule has 18 heavy (non-hydrogen) atoms. The van der Waals surface area contributed by atoms with Gasteiger partial charge in [-0.3, -0.25) is 0 Å². The lowest BCUT2D eigenvalue weighted by Gasteiger charge is -2.22. The lowest BCUT2D eigenvalue weighted by molar-refractivity contribution is 0.569. The fraction of sp³-hybridized carbons (Fsp3) is 0.600. The Morgan fingerprint density at radius 1 is 1.39 bits per heavy atom. The average molecular weight is 311 g/mol. The van der Waals surface area contributed by atoms with Gasteiger partial charge in [0, 0.05) is 29.8 Å². The number of anilines is 1. The molecule has 0 aliphatic carbocycles. The van der Waals surface area contributed by atoms with Crippen molar-refractivity contribution in [3.63, 3.8) is 0 Å². The Labute approximate surface area is 119 Å². The molecule has 3 heteroatoms. The van der Waals surface area contributed by atoms with E-state index in [1.165, 1.54) is 41.7 Å². The summed E-state index contributed by atoms with van der Waals surface area (Å²) < 4.78 is 1.17. The fourth-order valence-electron chi connectivity index (χ4n) is 2.65. The van der Waals surface area contributed by atoms with Crippen molar-refractivity contribution in [2.45, 2.75) is 33.2 Å². The van der Waals surface area contributed by atoms with Gasteiger partial charge in [-0.05, 0) is 42.6 Å². The summed E-state index contributed by atoms with van der Waals surface area (Å²) >= 11 is 3.58. The van der Waals surface area contributed by atoms with Crippen LogP contribution in [0.1, 0.15) is 32.3 Å². The van der Waals surface area contributed by atoms with E-state index in [1.54, 1.807) is 0 Å². The summed E-state index contributed by atoms with van der Waals surface area (Å²) in [6.07, 6.45) is 2.64. The lowest BCUT2D eigenvalue weighted by atomic mass is 10.1. The maximum absolute atomic E-state index is 3.58. The largest absolute Gasteiger partial charge is 0.371 e. The van der Waals surface area contributed by atoms with Crippen LogP contribution in [0.2, 0.25) is 0 Å². The Hall–Kier alpha value is -0.540. The molecule has 1 aromatic carbocycles. The van der Waals surface area contributed by atoms with E-state index >= 15 is 0 Å². The molecular weight excluding hydrogens is 288 g/mol. The van der Waals surface area contributed by atoms with Crippen LogP contribution < -0.4 is 10.2 Å². The van der Waals surface area contributed by atoms with E-state index in [4.69, 9.17) is 0 Å². The summed E-state index contributed by atoms with van der Waals surface area (Å²) in [5.74, 6) is 0.876. The van der Waals surface area contributed by atoms with Crippen molar-refractivity contribution in [2.75, 3.05) is 24.5 Å². The number of hydrogen-bond donors (Lipinski definition) is 1. The highest BCUT2D eigenvalue weighted by molar-refractivity contribution is 9.10. The van der Waals surface area contributed by atoms with Gasteiger partial charge in [-0.1, -0.05) is 36.2 Å². The predicted molar refractivity (Wildman–Crippen MR) is 82.1 cm³/mol. The van der Waals surface area contributed by atoms with E-state index < -0.39 is 0 Å². The zero-order chi connectivity index (χ0) is 13.0. The summed E-state index contributed by atoms with van der Waals surface area (Å²) in [6, 6.07) is 6.66. The molecule has 1 aromatic rings. The summed E-state index contributed by atoms with van der Waals surface area (Å²) in [7, 11) is 0. The van der Waals surface area contributed by atoms with Crippen LogP contribution in [0.3, 0.4) is 0 Å². The van der Waals surface area contributed by atoms with Gasteiger partial charge in [-0.15, -0.1) is 0 Å². The minimum Gasteiger partial charge on any atom is -0.371 e. The molecule has 1 N–H and O–H groups in total. The fourth-order valence-corrected chi connectivity index (χ4v) is 3.06. The molecule has 2 rings (SSSR count). The van der Waals surface area contributed by atoms with Gasteiger partial charge >= 0.3 is 0 Å². The van der Waals surface area contributed by atoms with E-state index in [-0.39, 0.29) is 0 Å². The predicted octanol–water partition coefficient (Wildman–Crippen LogP) is 3.79. The van der Waals surface area contributed by atoms with Gasteiger partial charge in [-0.2, -0.15) is 0 Å². The second-order valence-corrected chi connectivity index (χ2v) is 5.98. The lowest BCUT2D eigenvalue weighted by Crippen LogP contribution is -2.22. The molecule has 100 valence electrons. The van der Waals surface area contributed by atoms with Gasteiger partial charge in [0.2, 0.25) is 0 Å². The van der Waals surface area contributed by atoms with Gasteiger partial charge in [-0.25, -0.2) is 0 Å². The van der Waals surface area contributed by atoms with Crippen LogP contribution in [0, 0.1) is 5.92 Å². The Bertz CT molecular complexity index is 392. The van der Waals surface area contributed by atoms with E-state index in [1.807, 2.05) is 0 Å². The second kappa shape index (κ2) is 6.58. The minimum atomic E-state index is 0.876. The zero-order valence-corrected chi connectivity index (χ0v) is 13.0. The Morgan fingerprint density at radius 2 is 2.22 bits per heavy atom. The van der Waals surface area contributed by atoms with Gasteiger partial charge in [0.15, 0.2) is 0 Å². The number of benzene rings is 1. The number of hydrogen-bond acceptors (Lipinski definition) is 2. The van der Waals surface area contributed by atoms with E-state index in [0.717, 1.165) is 19.0 Å². The molecule has 0 amide bonds. The summed E-state index contributed by atoms with van der Waals surface area (Å²) in [4.78, 5) is 2.55. The Kier molecular flexibility index (Phi) is 5.07. The highest BCUT2D eigenvalue weighted by atomic mass is 79.9. The van der Waals surface area contributed by atoms with Crippen molar-refractivity contribution in [3.8, 4) is 0 Å². The summed E-state index contributed by atoms with van der Waals surface area (Å²) in [5.41, 5.74) is 2.82. The third-order valence-electron chi connectivity index (χ3n) is 3.81. The standard InChI is InChI=1S/C15H23BrN2/c1-3-12-7-8-18(11-12)15-6-5-14(16)9-13(15)10-17-4-2/h5-6,9,12,17H,3-4,7-8,10-11H2,1-2H3. The van der Waals surface area contributed by atoms with Crippen molar-refractivity contribution in [1.29, 1.82) is 0 Å². The first-order valence-corrected chi connectivity index (χ1v) is 7.78. The van der Waals surface area contributed by atoms with Crippen LogP contribution in [-0.4, -0.2) is 19.6 Å². The topological polar surface area (TPSA) is 15.3 Å². The van der Waals surface area contributed by atoms with Gasteiger partial charge in [0.05, 0.1) is 0 Å². The highest BCUT2D eigenvalue weighted by Gasteiger charge is 2.22. The van der Waals surface area contributed by atoms with Crippen molar-refractivity contribution in [1.82, 2.24) is 5.32 Å².